The molecule has 6 heteroatoms. The Balaban J connectivity index is 2.64. The van der Waals surface area contributed by atoms with Crippen LogP contribution in [0.1, 0.15) is 20.8 Å². The summed E-state index contributed by atoms with van der Waals surface area (Å²) in [5.41, 5.74) is -0.314. The van der Waals surface area contributed by atoms with Gasteiger partial charge in [-0.3, -0.25) is 4.79 Å². The third kappa shape index (κ3) is 2.58. The molecular weight excluding hydrogens is 312 g/mol. The molecule has 19 heavy (non-hydrogen) atoms. The van der Waals surface area contributed by atoms with Crippen LogP contribution < -0.4 is 5.56 Å². The molecule has 0 N–H and O–H groups in total. The van der Waals surface area contributed by atoms with Crippen molar-refractivity contribution in [1.82, 2.24) is 9.36 Å². The second-order valence-corrected chi connectivity index (χ2v) is 6.20. The van der Waals surface area contributed by atoms with Crippen molar-refractivity contribution in [3.05, 3.63) is 33.0 Å². The molecule has 2 rings (SSSR count). The number of aromatic nitrogens is 2. The molecule has 0 atom stereocenters. The lowest BCUT2D eigenvalue weighted by atomic mass is 10.2. The SMILES string of the molecule is Cn1c(=O)c2cc(Br)ccc2n1C(=O)OC(C)(C)C. The van der Waals surface area contributed by atoms with Gasteiger partial charge in [-0.2, -0.15) is 4.68 Å². The third-order valence-electron chi connectivity index (χ3n) is 2.58. The average molecular weight is 327 g/mol. The Kier molecular flexibility index (Phi) is 3.30. The van der Waals surface area contributed by atoms with E-state index in [1.807, 2.05) is 0 Å². The Morgan fingerprint density at radius 2 is 1.95 bits per heavy atom. The number of fused-ring (bicyclic) bond motifs is 1. The molecule has 2 aromatic rings. The Labute approximate surface area is 118 Å². The first kappa shape index (κ1) is 13.9. The Morgan fingerprint density at radius 1 is 1.32 bits per heavy atom. The summed E-state index contributed by atoms with van der Waals surface area (Å²) in [6, 6.07) is 5.19. The first-order valence-electron chi connectivity index (χ1n) is 5.81. The number of hydrogen-bond donors (Lipinski definition) is 0. The predicted molar refractivity (Wildman–Crippen MR) is 76.5 cm³/mol. The van der Waals surface area contributed by atoms with Gasteiger partial charge in [-0.1, -0.05) is 15.9 Å². The van der Waals surface area contributed by atoms with Crippen molar-refractivity contribution >= 4 is 32.9 Å². The topological polar surface area (TPSA) is 53.2 Å². The fourth-order valence-electron chi connectivity index (χ4n) is 1.82. The minimum absolute atomic E-state index is 0.234. The molecule has 1 aromatic heterocycles. The minimum Gasteiger partial charge on any atom is -0.442 e. The molecule has 0 radical (unpaired) electrons. The van der Waals surface area contributed by atoms with Crippen molar-refractivity contribution in [2.45, 2.75) is 26.4 Å². The molecule has 1 aromatic carbocycles. The summed E-state index contributed by atoms with van der Waals surface area (Å²) in [5.74, 6) is 0. The van der Waals surface area contributed by atoms with Gasteiger partial charge in [-0.15, -0.1) is 0 Å². The first-order valence-corrected chi connectivity index (χ1v) is 6.60. The van der Waals surface area contributed by atoms with Crippen LogP contribution in [0.2, 0.25) is 0 Å². The number of carbonyl (C=O) groups excluding carboxylic acids is 1. The smallest absolute Gasteiger partial charge is 0.434 e. The van der Waals surface area contributed by atoms with Crippen LogP contribution in [0.3, 0.4) is 0 Å². The first-order chi connectivity index (χ1) is 8.70. The summed E-state index contributed by atoms with van der Waals surface area (Å²) in [6.45, 7) is 5.35. The number of hydrogen-bond acceptors (Lipinski definition) is 3. The zero-order chi connectivity index (χ0) is 14.4. The van der Waals surface area contributed by atoms with Crippen LogP contribution in [0.25, 0.3) is 10.9 Å². The van der Waals surface area contributed by atoms with E-state index < -0.39 is 11.7 Å². The molecule has 0 spiro atoms. The molecule has 0 aliphatic carbocycles. The van der Waals surface area contributed by atoms with Crippen LogP contribution in [-0.4, -0.2) is 21.1 Å². The fourth-order valence-corrected chi connectivity index (χ4v) is 2.18. The lowest BCUT2D eigenvalue weighted by Gasteiger charge is -2.20. The zero-order valence-corrected chi connectivity index (χ0v) is 12.8. The van der Waals surface area contributed by atoms with Gasteiger partial charge in [0.25, 0.3) is 5.56 Å². The van der Waals surface area contributed by atoms with Gasteiger partial charge in [0.2, 0.25) is 0 Å². The van der Waals surface area contributed by atoms with Gasteiger partial charge in [0.15, 0.2) is 0 Å². The van der Waals surface area contributed by atoms with E-state index in [0.717, 1.165) is 4.47 Å². The molecular formula is C13H15BrN2O3. The van der Waals surface area contributed by atoms with E-state index in [1.165, 1.54) is 9.36 Å². The maximum Gasteiger partial charge on any atom is 0.434 e. The number of carbonyl (C=O) groups is 1. The van der Waals surface area contributed by atoms with E-state index in [2.05, 4.69) is 15.9 Å². The van der Waals surface area contributed by atoms with E-state index >= 15 is 0 Å². The average Bonchev–Trinajstić information content (AvgIpc) is 2.50. The molecule has 0 amide bonds. The molecule has 0 saturated heterocycles. The lowest BCUT2D eigenvalue weighted by Crippen LogP contribution is -2.31. The molecule has 0 aliphatic heterocycles. The summed E-state index contributed by atoms with van der Waals surface area (Å²) in [6.07, 6.45) is -0.565. The van der Waals surface area contributed by atoms with Gasteiger partial charge >= 0.3 is 6.09 Å². The number of nitrogens with zero attached hydrogens (tertiary/aromatic N) is 2. The number of ether oxygens (including phenoxy) is 1. The van der Waals surface area contributed by atoms with Crippen molar-refractivity contribution in [2.24, 2.45) is 7.05 Å². The Bertz CT molecular complexity index is 707. The highest BCUT2D eigenvalue weighted by molar-refractivity contribution is 9.10. The molecule has 1 heterocycles. The molecule has 0 unspecified atom stereocenters. The largest absolute Gasteiger partial charge is 0.442 e. The molecule has 0 fully saturated rings. The quantitative estimate of drug-likeness (QED) is 0.748. The number of rotatable bonds is 0. The fraction of sp³-hybridized carbons (Fsp3) is 0.385. The van der Waals surface area contributed by atoms with Crippen molar-refractivity contribution in [1.29, 1.82) is 0 Å². The number of halogens is 1. The summed E-state index contributed by atoms with van der Waals surface area (Å²) >= 11 is 3.31. The van der Waals surface area contributed by atoms with Crippen molar-refractivity contribution in [2.75, 3.05) is 0 Å². The summed E-state index contributed by atoms with van der Waals surface area (Å²) in [7, 11) is 1.54. The monoisotopic (exact) mass is 326 g/mol. The van der Waals surface area contributed by atoms with Crippen LogP contribution in [0.5, 0.6) is 0 Å². The van der Waals surface area contributed by atoms with E-state index in [-0.39, 0.29) is 5.56 Å². The van der Waals surface area contributed by atoms with Crippen LogP contribution in [0.15, 0.2) is 27.5 Å². The zero-order valence-electron chi connectivity index (χ0n) is 11.2. The standard InChI is InChI=1S/C13H15BrN2O3/c1-13(2,3)19-12(18)16-10-6-5-8(14)7-9(10)11(17)15(16)4/h5-7H,1-4H3. The molecule has 0 aliphatic rings. The van der Waals surface area contributed by atoms with Crippen LogP contribution in [0, 0.1) is 0 Å². The van der Waals surface area contributed by atoms with Gasteiger partial charge in [-0.25, -0.2) is 9.48 Å². The van der Waals surface area contributed by atoms with E-state index in [0.29, 0.717) is 10.9 Å². The van der Waals surface area contributed by atoms with E-state index in [1.54, 1.807) is 46.0 Å². The third-order valence-corrected chi connectivity index (χ3v) is 3.07. The summed E-state index contributed by atoms with van der Waals surface area (Å²) < 4.78 is 8.60. The molecule has 102 valence electrons. The van der Waals surface area contributed by atoms with Gasteiger partial charge in [0.05, 0.1) is 10.9 Å². The van der Waals surface area contributed by atoms with Gasteiger partial charge in [0.1, 0.15) is 5.60 Å². The van der Waals surface area contributed by atoms with Gasteiger partial charge in [0, 0.05) is 11.5 Å². The molecule has 5 nitrogen and oxygen atoms in total. The minimum atomic E-state index is -0.612. The maximum absolute atomic E-state index is 12.2. The van der Waals surface area contributed by atoms with Crippen molar-refractivity contribution in [3.8, 4) is 0 Å². The van der Waals surface area contributed by atoms with Crippen molar-refractivity contribution < 1.29 is 9.53 Å². The second-order valence-electron chi connectivity index (χ2n) is 5.28. The normalized spacial score (nSPS) is 11.8. The predicted octanol–water partition coefficient (Wildman–Crippen LogP) is 2.89. The summed E-state index contributed by atoms with van der Waals surface area (Å²) in [5, 5.41) is 0.475. The second kappa shape index (κ2) is 4.52. The molecule has 0 saturated carbocycles. The highest BCUT2D eigenvalue weighted by Crippen LogP contribution is 2.19. The van der Waals surface area contributed by atoms with Gasteiger partial charge < -0.3 is 4.74 Å². The van der Waals surface area contributed by atoms with Crippen LogP contribution in [0.4, 0.5) is 4.79 Å². The van der Waals surface area contributed by atoms with Crippen LogP contribution in [-0.2, 0) is 11.8 Å². The number of benzene rings is 1. The van der Waals surface area contributed by atoms with Crippen molar-refractivity contribution in [3.63, 3.8) is 0 Å². The maximum atomic E-state index is 12.2. The molecule has 0 bridgehead atoms. The Hall–Kier alpha value is -1.56. The Morgan fingerprint density at radius 3 is 2.53 bits per heavy atom. The summed E-state index contributed by atoms with van der Waals surface area (Å²) in [4.78, 5) is 24.2. The van der Waals surface area contributed by atoms with Crippen LogP contribution >= 0.6 is 15.9 Å². The van der Waals surface area contributed by atoms with E-state index in [4.69, 9.17) is 4.74 Å². The highest BCUT2D eigenvalue weighted by atomic mass is 79.9. The van der Waals surface area contributed by atoms with Gasteiger partial charge in [-0.05, 0) is 39.0 Å². The van der Waals surface area contributed by atoms with E-state index in [9.17, 15) is 9.59 Å². The highest BCUT2D eigenvalue weighted by Gasteiger charge is 2.22. The lowest BCUT2D eigenvalue weighted by molar-refractivity contribution is 0.0503.